The van der Waals surface area contributed by atoms with Crippen LogP contribution in [0.5, 0.6) is 0 Å². The fourth-order valence-electron chi connectivity index (χ4n) is 2.15. The zero-order valence-corrected chi connectivity index (χ0v) is 12.3. The standard InChI is InChI=1S/C13H20ClN3O3/c1-2-5-17-12(18)11(14)10(8-16-17)15-9-13(19)3-6-20-7-4-13/h8,15,19H,2-7,9H2,1H3. The van der Waals surface area contributed by atoms with E-state index in [1.807, 2.05) is 6.92 Å². The van der Waals surface area contributed by atoms with Gasteiger partial charge in [0.1, 0.15) is 5.02 Å². The van der Waals surface area contributed by atoms with E-state index in [2.05, 4.69) is 10.4 Å². The van der Waals surface area contributed by atoms with Gasteiger partial charge in [-0.05, 0) is 6.42 Å². The summed E-state index contributed by atoms with van der Waals surface area (Å²) in [6.07, 6.45) is 3.48. The molecule has 7 heteroatoms. The van der Waals surface area contributed by atoms with E-state index in [1.165, 1.54) is 10.9 Å². The summed E-state index contributed by atoms with van der Waals surface area (Å²) in [5.74, 6) is 0. The Morgan fingerprint density at radius 2 is 2.25 bits per heavy atom. The van der Waals surface area contributed by atoms with Crippen molar-refractivity contribution in [2.24, 2.45) is 0 Å². The van der Waals surface area contributed by atoms with Crippen molar-refractivity contribution in [1.82, 2.24) is 9.78 Å². The van der Waals surface area contributed by atoms with Gasteiger partial charge in [0.25, 0.3) is 5.56 Å². The maximum atomic E-state index is 12.0. The van der Waals surface area contributed by atoms with Crippen LogP contribution >= 0.6 is 11.6 Å². The summed E-state index contributed by atoms with van der Waals surface area (Å²) in [6.45, 7) is 3.93. The van der Waals surface area contributed by atoms with Gasteiger partial charge in [-0.15, -0.1) is 0 Å². The van der Waals surface area contributed by atoms with Crippen LogP contribution in [0, 0.1) is 0 Å². The molecule has 0 unspecified atom stereocenters. The third-order valence-electron chi connectivity index (χ3n) is 3.45. The Hall–Kier alpha value is -1.11. The van der Waals surface area contributed by atoms with Crippen LogP contribution in [-0.4, -0.2) is 40.2 Å². The molecule has 0 bridgehead atoms. The van der Waals surface area contributed by atoms with Crippen molar-refractivity contribution in [3.8, 4) is 0 Å². The average molecular weight is 302 g/mol. The van der Waals surface area contributed by atoms with Crippen LogP contribution in [0.25, 0.3) is 0 Å². The Labute approximate surface area is 122 Å². The first-order valence-electron chi connectivity index (χ1n) is 6.85. The third kappa shape index (κ3) is 3.50. The van der Waals surface area contributed by atoms with Gasteiger partial charge in [-0.25, -0.2) is 4.68 Å². The quantitative estimate of drug-likeness (QED) is 0.856. The fraction of sp³-hybridized carbons (Fsp3) is 0.692. The summed E-state index contributed by atoms with van der Waals surface area (Å²) >= 11 is 6.06. The lowest BCUT2D eigenvalue weighted by Gasteiger charge is -2.32. The van der Waals surface area contributed by atoms with E-state index >= 15 is 0 Å². The maximum absolute atomic E-state index is 12.0. The van der Waals surface area contributed by atoms with Crippen molar-refractivity contribution in [2.75, 3.05) is 25.1 Å². The number of hydrogen-bond donors (Lipinski definition) is 2. The second-order valence-corrected chi connectivity index (χ2v) is 5.47. The first-order chi connectivity index (χ1) is 9.56. The Kier molecular flexibility index (Phi) is 5.01. The van der Waals surface area contributed by atoms with Crippen LogP contribution in [0.1, 0.15) is 26.2 Å². The molecule has 6 nitrogen and oxygen atoms in total. The van der Waals surface area contributed by atoms with Gasteiger partial charge in [0.05, 0.1) is 17.5 Å². The van der Waals surface area contributed by atoms with Crippen molar-refractivity contribution in [3.63, 3.8) is 0 Å². The zero-order chi connectivity index (χ0) is 14.6. The molecule has 0 amide bonds. The van der Waals surface area contributed by atoms with Crippen molar-refractivity contribution in [1.29, 1.82) is 0 Å². The number of halogens is 1. The van der Waals surface area contributed by atoms with Crippen LogP contribution in [0.2, 0.25) is 5.02 Å². The molecule has 112 valence electrons. The molecule has 1 aliphatic heterocycles. The number of aryl methyl sites for hydroxylation is 1. The molecule has 0 spiro atoms. The molecule has 1 aromatic rings. The highest BCUT2D eigenvalue weighted by atomic mass is 35.5. The van der Waals surface area contributed by atoms with Crippen LogP contribution < -0.4 is 10.9 Å². The van der Waals surface area contributed by atoms with Crippen LogP contribution in [-0.2, 0) is 11.3 Å². The van der Waals surface area contributed by atoms with Crippen LogP contribution in [0.3, 0.4) is 0 Å². The van der Waals surface area contributed by atoms with Gasteiger partial charge >= 0.3 is 0 Å². The summed E-state index contributed by atoms with van der Waals surface area (Å²) in [7, 11) is 0. The lowest BCUT2D eigenvalue weighted by atomic mass is 9.94. The van der Waals surface area contributed by atoms with Crippen molar-refractivity contribution in [2.45, 2.75) is 38.3 Å². The smallest absolute Gasteiger partial charge is 0.287 e. The molecule has 0 radical (unpaired) electrons. The fourth-order valence-corrected chi connectivity index (χ4v) is 2.36. The highest BCUT2D eigenvalue weighted by molar-refractivity contribution is 6.32. The molecule has 1 aromatic heterocycles. The van der Waals surface area contributed by atoms with E-state index in [-0.39, 0.29) is 10.6 Å². The molecule has 2 rings (SSSR count). The molecule has 2 heterocycles. The number of anilines is 1. The van der Waals surface area contributed by atoms with Gasteiger partial charge in [-0.3, -0.25) is 4.79 Å². The van der Waals surface area contributed by atoms with E-state index in [4.69, 9.17) is 16.3 Å². The van der Waals surface area contributed by atoms with E-state index in [1.54, 1.807) is 0 Å². The van der Waals surface area contributed by atoms with E-state index in [0.717, 1.165) is 6.42 Å². The zero-order valence-electron chi connectivity index (χ0n) is 11.6. The maximum Gasteiger partial charge on any atom is 0.287 e. The predicted octanol–water partition coefficient (Wildman–Crippen LogP) is 1.26. The third-order valence-corrected chi connectivity index (χ3v) is 3.82. The molecule has 20 heavy (non-hydrogen) atoms. The minimum absolute atomic E-state index is 0.115. The highest BCUT2D eigenvalue weighted by Gasteiger charge is 2.29. The normalized spacial score (nSPS) is 17.9. The van der Waals surface area contributed by atoms with Crippen molar-refractivity contribution >= 4 is 17.3 Å². The molecule has 2 N–H and O–H groups in total. The average Bonchev–Trinajstić information content (AvgIpc) is 2.44. The second kappa shape index (κ2) is 6.56. The van der Waals surface area contributed by atoms with Gasteiger partial charge in [0.15, 0.2) is 0 Å². The van der Waals surface area contributed by atoms with Crippen LogP contribution in [0.15, 0.2) is 11.0 Å². The number of nitrogens with zero attached hydrogens (tertiary/aromatic N) is 2. The minimum atomic E-state index is -0.820. The number of hydrogen-bond acceptors (Lipinski definition) is 5. The topological polar surface area (TPSA) is 76.4 Å². The summed E-state index contributed by atoms with van der Waals surface area (Å²) in [5, 5.41) is 17.5. The monoisotopic (exact) mass is 301 g/mol. The van der Waals surface area contributed by atoms with E-state index in [0.29, 0.717) is 44.8 Å². The molecule has 0 atom stereocenters. The molecule has 1 saturated heterocycles. The van der Waals surface area contributed by atoms with Gasteiger partial charge in [0, 0.05) is 39.1 Å². The Bertz CT molecular complexity index is 512. The van der Waals surface area contributed by atoms with Gasteiger partial charge in [0.2, 0.25) is 0 Å². The first kappa shape index (κ1) is 15.3. The summed E-state index contributed by atoms with van der Waals surface area (Å²) in [6, 6.07) is 0. The molecule has 0 aliphatic carbocycles. The second-order valence-electron chi connectivity index (χ2n) is 5.09. The minimum Gasteiger partial charge on any atom is -0.388 e. The van der Waals surface area contributed by atoms with E-state index in [9.17, 15) is 9.90 Å². The molecular weight excluding hydrogens is 282 g/mol. The summed E-state index contributed by atoms with van der Waals surface area (Å²) < 4.78 is 6.57. The first-order valence-corrected chi connectivity index (χ1v) is 7.23. The number of aliphatic hydroxyl groups is 1. The Morgan fingerprint density at radius 3 is 2.90 bits per heavy atom. The van der Waals surface area contributed by atoms with Crippen LogP contribution in [0.4, 0.5) is 5.69 Å². The largest absolute Gasteiger partial charge is 0.388 e. The molecule has 1 aliphatic rings. The Balaban J connectivity index is 2.06. The van der Waals surface area contributed by atoms with Gasteiger partial charge in [-0.1, -0.05) is 18.5 Å². The Morgan fingerprint density at radius 1 is 1.55 bits per heavy atom. The molecule has 0 saturated carbocycles. The molecular formula is C13H20ClN3O3. The SMILES string of the molecule is CCCn1ncc(NCC2(O)CCOCC2)c(Cl)c1=O. The predicted molar refractivity (Wildman–Crippen MR) is 77.3 cm³/mol. The summed E-state index contributed by atoms with van der Waals surface area (Å²) in [4.78, 5) is 12.0. The number of rotatable bonds is 5. The lowest BCUT2D eigenvalue weighted by Crippen LogP contribution is -2.42. The number of nitrogens with one attached hydrogen (secondary N) is 1. The van der Waals surface area contributed by atoms with Gasteiger partial charge < -0.3 is 15.2 Å². The highest BCUT2D eigenvalue weighted by Crippen LogP contribution is 2.22. The summed E-state index contributed by atoms with van der Waals surface area (Å²) in [5.41, 5.74) is -0.665. The molecule has 0 aromatic carbocycles. The van der Waals surface area contributed by atoms with Gasteiger partial charge in [-0.2, -0.15) is 5.10 Å². The lowest BCUT2D eigenvalue weighted by molar-refractivity contribution is -0.0543. The molecule has 1 fully saturated rings. The number of aromatic nitrogens is 2. The number of ether oxygens (including phenoxy) is 1. The van der Waals surface area contributed by atoms with E-state index < -0.39 is 5.60 Å². The van der Waals surface area contributed by atoms with Crippen molar-refractivity contribution in [3.05, 3.63) is 21.6 Å². The van der Waals surface area contributed by atoms with Crippen molar-refractivity contribution < 1.29 is 9.84 Å².